The van der Waals surface area contributed by atoms with Gasteiger partial charge in [0.15, 0.2) is 0 Å². The molecule has 2 nitrogen and oxygen atoms in total. The Kier molecular flexibility index (Phi) is 6.72. The second-order valence-electron chi connectivity index (χ2n) is 11.5. The summed E-state index contributed by atoms with van der Waals surface area (Å²) in [4.78, 5) is 0. The summed E-state index contributed by atoms with van der Waals surface area (Å²) in [5.74, 6) is 2.73. The minimum atomic E-state index is -0.0132. The van der Waals surface area contributed by atoms with Crippen LogP contribution in [0.3, 0.4) is 0 Å². The normalized spacial score (nSPS) is 22.9. The van der Waals surface area contributed by atoms with E-state index in [1.54, 1.807) is 0 Å². The quantitative estimate of drug-likeness (QED) is 0.493. The average Bonchev–Trinajstić information content (AvgIpc) is 2.86. The van der Waals surface area contributed by atoms with Gasteiger partial charge >= 0.3 is 0 Å². The van der Waals surface area contributed by atoms with Crippen molar-refractivity contribution >= 4 is 0 Å². The largest absolute Gasteiger partial charge is 0.508 e. The first kappa shape index (κ1) is 22.8. The molecule has 0 atom stereocenters. The van der Waals surface area contributed by atoms with Gasteiger partial charge in [-0.1, -0.05) is 69.7 Å². The van der Waals surface area contributed by atoms with Crippen molar-refractivity contribution in [3.05, 3.63) is 58.7 Å². The molecule has 0 unspecified atom stereocenters. The zero-order valence-corrected chi connectivity index (χ0v) is 20.5. The topological polar surface area (TPSA) is 40.5 Å². The third kappa shape index (κ3) is 4.55. The molecule has 0 aromatic heterocycles. The summed E-state index contributed by atoms with van der Waals surface area (Å²) in [6.45, 7) is 2.39. The maximum Gasteiger partial charge on any atom is 0.119 e. The number of hydrogen-bond acceptors (Lipinski definition) is 2. The summed E-state index contributed by atoms with van der Waals surface area (Å²) in [5.41, 5.74) is 5.11. The Morgan fingerprint density at radius 3 is 1.45 bits per heavy atom. The van der Waals surface area contributed by atoms with E-state index in [2.05, 4.69) is 31.2 Å². The highest BCUT2D eigenvalue weighted by Crippen LogP contribution is 2.50. The monoisotopic (exact) mass is 446 g/mol. The Bertz CT molecular complexity index is 872. The number of rotatable bonds is 4. The lowest BCUT2D eigenvalue weighted by Gasteiger charge is -2.42. The minimum Gasteiger partial charge on any atom is -0.508 e. The summed E-state index contributed by atoms with van der Waals surface area (Å²) < 4.78 is 0. The molecule has 0 saturated heterocycles. The zero-order valence-electron chi connectivity index (χ0n) is 20.5. The van der Waals surface area contributed by atoms with E-state index in [0.29, 0.717) is 23.3 Å². The summed E-state index contributed by atoms with van der Waals surface area (Å²) >= 11 is 0. The van der Waals surface area contributed by atoms with Crippen LogP contribution in [-0.2, 0) is 5.41 Å². The van der Waals surface area contributed by atoms with Crippen molar-refractivity contribution in [2.45, 2.75) is 114 Å². The summed E-state index contributed by atoms with van der Waals surface area (Å²) in [7, 11) is 0. The molecule has 0 spiro atoms. The van der Waals surface area contributed by atoms with Gasteiger partial charge in [0.1, 0.15) is 11.5 Å². The van der Waals surface area contributed by atoms with Gasteiger partial charge in [0.25, 0.3) is 0 Å². The lowest BCUT2D eigenvalue weighted by atomic mass is 9.62. The molecule has 2 N–H and O–H groups in total. The minimum absolute atomic E-state index is 0.0132. The highest BCUT2D eigenvalue weighted by molar-refractivity contribution is 5.50. The lowest BCUT2D eigenvalue weighted by Crippen LogP contribution is -2.33. The van der Waals surface area contributed by atoms with E-state index < -0.39 is 0 Å². The summed E-state index contributed by atoms with van der Waals surface area (Å²) in [6.07, 6.45) is 17.3. The van der Waals surface area contributed by atoms with E-state index in [1.165, 1.54) is 99.3 Å². The van der Waals surface area contributed by atoms with E-state index in [1.807, 2.05) is 12.1 Å². The van der Waals surface area contributed by atoms with Crippen LogP contribution in [0.1, 0.15) is 131 Å². The molecular weight excluding hydrogens is 404 g/mol. The van der Waals surface area contributed by atoms with E-state index in [0.717, 1.165) is 18.8 Å². The van der Waals surface area contributed by atoms with Crippen molar-refractivity contribution < 1.29 is 10.2 Å². The molecule has 2 aromatic carbocycles. The number of benzene rings is 2. The van der Waals surface area contributed by atoms with Gasteiger partial charge in [-0.05, 0) is 104 Å². The summed E-state index contributed by atoms with van der Waals surface area (Å²) in [5, 5.41) is 21.6. The van der Waals surface area contributed by atoms with Gasteiger partial charge in [0, 0.05) is 5.41 Å². The molecule has 0 radical (unpaired) electrons. The van der Waals surface area contributed by atoms with E-state index in [9.17, 15) is 10.2 Å². The van der Waals surface area contributed by atoms with Gasteiger partial charge in [-0.3, -0.25) is 0 Å². The molecule has 33 heavy (non-hydrogen) atoms. The predicted octanol–water partition coefficient (Wildman–Crippen LogP) is 8.69. The molecule has 2 aromatic rings. The summed E-state index contributed by atoms with van der Waals surface area (Å²) in [6, 6.07) is 13.1. The molecule has 0 aliphatic heterocycles. The third-order valence-corrected chi connectivity index (χ3v) is 9.38. The van der Waals surface area contributed by atoms with E-state index in [4.69, 9.17) is 0 Å². The molecular formula is C31H42O2. The van der Waals surface area contributed by atoms with Crippen LogP contribution in [0.2, 0.25) is 0 Å². The molecule has 178 valence electrons. The highest BCUT2D eigenvalue weighted by atomic mass is 16.3. The SMILES string of the molecule is CC1CCC(c2ccc(O)c(C3CCCCC3)c2)(c2ccc(O)c(C3CCCCC3)c2)CC1. The first-order valence-electron chi connectivity index (χ1n) is 13.7. The Morgan fingerprint density at radius 2 is 1.03 bits per heavy atom. The van der Waals surface area contributed by atoms with Crippen LogP contribution in [0.25, 0.3) is 0 Å². The van der Waals surface area contributed by atoms with Crippen LogP contribution >= 0.6 is 0 Å². The maximum absolute atomic E-state index is 10.8. The molecule has 3 saturated carbocycles. The smallest absolute Gasteiger partial charge is 0.119 e. The second-order valence-corrected chi connectivity index (χ2v) is 11.5. The fraction of sp³-hybridized carbons (Fsp3) is 0.613. The molecule has 3 aliphatic carbocycles. The molecule has 5 rings (SSSR count). The van der Waals surface area contributed by atoms with Crippen LogP contribution in [-0.4, -0.2) is 10.2 Å². The predicted molar refractivity (Wildman–Crippen MR) is 136 cm³/mol. The Hall–Kier alpha value is -1.96. The van der Waals surface area contributed by atoms with Crippen LogP contribution in [0, 0.1) is 5.92 Å². The van der Waals surface area contributed by atoms with Crippen molar-refractivity contribution in [3.8, 4) is 11.5 Å². The first-order valence-corrected chi connectivity index (χ1v) is 13.7. The van der Waals surface area contributed by atoms with Gasteiger partial charge in [-0.2, -0.15) is 0 Å². The van der Waals surface area contributed by atoms with E-state index in [-0.39, 0.29) is 5.41 Å². The van der Waals surface area contributed by atoms with Gasteiger partial charge < -0.3 is 10.2 Å². The number of aromatic hydroxyl groups is 2. The fourth-order valence-electron chi connectivity index (χ4n) is 7.18. The van der Waals surface area contributed by atoms with Crippen molar-refractivity contribution in [3.63, 3.8) is 0 Å². The Labute approximate surface area is 200 Å². The lowest BCUT2D eigenvalue weighted by molar-refractivity contribution is 0.279. The van der Waals surface area contributed by atoms with Crippen LogP contribution in [0.5, 0.6) is 11.5 Å². The average molecular weight is 447 g/mol. The van der Waals surface area contributed by atoms with Crippen LogP contribution in [0.15, 0.2) is 36.4 Å². The van der Waals surface area contributed by atoms with Crippen LogP contribution < -0.4 is 0 Å². The first-order chi connectivity index (χ1) is 16.1. The third-order valence-electron chi connectivity index (χ3n) is 9.38. The number of phenolic OH excluding ortho intramolecular Hbond substituents is 2. The zero-order chi connectivity index (χ0) is 22.8. The second kappa shape index (κ2) is 9.72. The Morgan fingerprint density at radius 1 is 0.606 bits per heavy atom. The standard InChI is InChI=1S/C31H42O2/c1-22-16-18-31(19-17-22,25-12-14-29(32)27(20-25)23-8-4-2-5-9-23)26-13-15-30(33)28(21-26)24-10-6-3-7-11-24/h12-15,20-24,32-33H,2-11,16-19H2,1H3. The molecule has 0 amide bonds. The van der Waals surface area contributed by atoms with Crippen molar-refractivity contribution in [2.75, 3.05) is 0 Å². The number of hydrogen-bond donors (Lipinski definition) is 2. The maximum atomic E-state index is 10.8. The highest BCUT2D eigenvalue weighted by Gasteiger charge is 2.39. The molecule has 0 bridgehead atoms. The molecule has 3 fully saturated rings. The van der Waals surface area contributed by atoms with Crippen molar-refractivity contribution in [1.82, 2.24) is 0 Å². The fourth-order valence-corrected chi connectivity index (χ4v) is 7.18. The van der Waals surface area contributed by atoms with Gasteiger partial charge in [-0.25, -0.2) is 0 Å². The van der Waals surface area contributed by atoms with Crippen molar-refractivity contribution in [2.24, 2.45) is 5.92 Å². The van der Waals surface area contributed by atoms with E-state index >= 15 is 0 Å². The molecule has 3 aliphatic rings. The Balaban J connectivity index is 1.57. The molecule has 0 heterocycles. The molecule has 2 heteroatoms. The number of phenols is 2. The van der Waals surface area contributed by atoms with Crippen LogP contribution in [0.4, 0.5) is 0 Å². The van der Waals surface area contributed by atoms with Crippen molar-refractivity contribution in [1.29, 1.82) is 0 Å². The van der Waals surface area contributed by atoms with Gasteiger partial charge in [0.05, 0.1) is 0 Å². The van der Waals surface area contributed by atoms with Gasteiger partial charge in [0.2, 0.25) is 0 Å². The van der Waals surface area contributed by atoms with Gasteiger partial charge in [-0.15, -0.1) is 0 Å².